The molecule has 0 radical (unpaired) electrons. The molecule has 5 nitrogen and oxygen atoms in total. The second-order valence-electron chi connectivity index (χ2n) is 4.64. The zero-order valence-electron chi connectivity index (χ0n) is 12.9. The van der Waals surface area contributed by atoms with E-state index in [2.05, 4.69) is 5.32 Å². The van der Waals surface area contributed by atoms with Gasteiger partial charge >= 0.3 is 0 Å². The Kier molecular flexibility index (Phi) is 5.25. The normalized spacial score (nSPS) is 9.95. The lowest BCUT2D eigenvalue weighted by molar-refractivity contribution is -0.115. The summed E-state index contributed by atoms with van der Waals surface area (Å²) < 4.78 is 15.5. The number of amides is 1. The molecular weight excluding hydrogens is 282 g/mol. The molecule has 2 aromatic carbocycles. The minimum absolute atomic E-state index is 0.128. The Hall–Kier alpha value is -2.69. The van der Waals surface area contributed by atoms with Crippen LogP contribution in [0.25, 0.3) is 0 Å². The van der Waals surface area contributed by atoms with Gasteiger partial charge in [-0.2, -0.15) is 0 Å². The van der Waals surface area contributed by atoms with Gasteiger partial charge in [0, 0.05) is 6.07 Å². The van der Waals surface area contributed by atoms with Crippen LogP contribution in [0.3, 0.4) is 0 Å². The minimum atomic E-state index is -0.128. The van der Waals surface area contributed by atoms with Crippen LogP contribution in [0.1, 0.15) is 5.56 Å². The smallest absolute Gasteiger partial charge is 0.228 e. The fraction of sp³-hybridized carbons (Fsp3) is 0.235. The van der Waals surface area contributed by atoms with Gasteiger partial charge in [0.2, 0.25) is 5.91 Å². The number of rotatable bonds is 6. The number of hydrogen-bond acceptors (Lipinski definition) is 4. The van der Waals surface area contributed by atoms with E-state index in [9.17, 15) is 4.79 Å². The van der Waals surface area contributed by atoms with Crippen molar-refractivity contribution in [2.75, 3.05) is 26.6 Å². The summed E-state index contributed by atoms with van der Waals surface area (Å²) in [6, 6.07) is 12.7. The summed E-state index contributed by atoms with van der Waals surface area (Å²) in [5.41, 5.74) is 1.49. The molecule has 0 saturated carbocycles. The van der Waals surface area contributed by atoms with Gasteiger partial charge in [0.15, 0.2) is 0 Å². The molecule has 22 heavy (non-hydrogen) atoms. The fourth-order valence-electron chi connectivity index (χ4n) is 2.06. The van der Waals surface area contributed by atoms with Crippen LogP contribution in [0.2, 0.25) is 0 Å². The monoisotopic (exact) mass is 301 g/mol. The average molecular weight is 301 g/mol. The molecule has 0 bridgehead atoms. The largest absolute Gasteiger partial charge is 0.497 e. The van der Waals surface area contributed by atoms with Crippen molar-refractivity contribution in [2.45, 2.75) is 6.42 Å². The number of anilines is 1. The lowest BCUT2D eigenvalue weighted by Crippen LogP contribution is -2.15. The summed E-state index contributed by atoms with van der Waals surface area (Å²) in [5.74, 6) is 1.82. The van der Waals surface area contributed by atoms with E-state index < -0.39 is 0 Å². The molecule has 2 rings (SSSR count). The first-order valence-corrected chi connectivity index (χ1v) is 6.81. The molecular formula is C17H19NO4. The lowest BCUT2D eigenvalue weighted by atomic mass is 10.1. The molecule has 0 aliphatic carbocycles. The zero-order valence-corrected chi connectivity index (χ0v) is 12.9. The molecule has 0 aliphatic rings. The molecule has 0 atom stereocenters. The van der Waals surface area contributed by atoms with Gasteiger partial charge in [-0.25, -0.2) is 0 Å². The predicted molar refractivity (Wildman–Crippen MR) is 84.9 cm³/mol. The Balaban J connectivity index is 2.08. The van der Waals surface area contributed by atoms with Crippen molar-refractivity contribution in [3.05, 3.63) is 48.0 Å². The summed E-state index contributed by atoms with van der Waals surface area (Å²) in [4.78, 5) is 12.2. The van der Waals surface area contributed by atoms with Gasteiger partial charge in [-0.05, 0) is 29.8 Å². The van der Waals surface area contributed by atoms with Crippen molar-refractivity contribution in [3.63, 3.8) is 0 Å². The Morgan fingerprint density at radius 3 is 2.36 bits per heavy atom. The highest BCUT2D eigenvalue weighted by Crippen LogP contribution is 2.29. The number of carbonyl (C=O) groups excluding carboxylic acids is 1. The van der Waals surface area contributed by atoms with Crippen LogP contribution in [0.5, 0.6) is 17.2 Å². The van der Waals surface area contributed by atoms with Gasteiger partial charge in [-0.3, -0.25) is 4.79 Å². The maximum atomic E-state index is 12.2. The maximum absolute atomic E-state index is 12.2. The number of nitrogens with one attached hydrogen (secondary N) is 1. The van der Waals surface area contributed by atoms with Crippen molar-refractivity contribution in [2.24, 2.45) is 0 Å². The molecule has 0 spiro atoms. The highest BCUT2D eigenvalue weighted by Gasteiger charge is 2.10. The Labute approximate surface area is 129 Å². The van der Waals surface area contributed by atoms with E-state index in [1.54, 1.807) is 39.5 Å². The predicted octanol–water partition coefficient (Wildman–Crippen LogP) is 2.89. The van der Waals surface area contributed by atoms with Crippen LogP contribution in [0.4, 0.5) is 5.69 Å². The van der Waals surface area contributed by atoms with E-state index in [1.165, 1.54) is 0 Å². The SMILES string of the molecule is COc1cccc(CC(=O)Nc2ccc(OC)cc2OC)c1. The van der Waals surface area contributed by atoms with Gasteiger partial charge in [0.05, 0.1) is 33.4 Å². The van der Waals surface area contributed by atoms with Gasteiger partial charge < -0.3 is 19.5 Å². The number of ether oxygens (including phenoxy) is 3. The Morgan fingerprint density at radius 1 is 0.955 bits per heavy atom. The maximum Gasteiger partial charge on any atom is 0.228 e. The summed E-state index contributed by atoms with van der Waals surface area (Å²) in [5, 5.41) is 2.84. The zero-order chi connectivity index (χ0) is 15.9. The van der Waals surface area contributed by atoms with Crippen molar-refractivity contribution in [1.29, 1.82) is 0 Å². The number of carbonyl (C=O) groups is 1. The van der Waals surface area contributed by atoms with Gasteiger partial charge in [-0.15, -0.1) is 0 Å². The van der Waals surface area contributed by atoms with Gasteiger partial charge in [0.1, 0.15) is 17.2 Å². The van der Waals surface area contributed by atoms with Gasteiger partial charge in [-0.1, -0.05) is 12.1 Å². The first kappa shape index (κ1) is 15.7. The number of benzene rings is 2. The number of methoxy groups -OCH3 is 3. The van der Waals surface area contributed by atoms with Crippen molar-refractivity contribution in [1.82, 2.24) is 0 Å². The quantitative estimate of drug-likeness (QED) is 0.891. The van der Waals surface area contributed by atoms with Crippen LogP contribution in [0.15, 0.2) is 42.5 Å². The second-order valence-corrected chi connectivity index (χ2v) is 4.64. The lowest BCUT2D eigenvalue weighted by Gasteiger charge is -2.12. The second kappa shape index (κ2) is 7.36. The molecule has 0 heterocycles. The highest BCUT2D eigenvalue weighted by atomic mass is 16.5. The van der Waals surface area contributed by atoms with E-state index in [1.807, 2.05) is 24.3 Å². The third-order valence-corrected chi connectivity index (χ3v) is 3.18. The molecule has 0 saturated heterocycles. The molecule has 0 fully saturated rings. The van der Waals surface area contributed by atoms with E-state index in [0.29, 0.717) is 17.2 Å². The fourth-order valence-corrected chi connectivity index (χ4v) is 2.06. The molecule has 0 aromatic heterocycles. The third-order valence-electron chi connectivity index (χ3n) is 3.18. The standard InChI is InChI=1S/C17H19NO4/c1-20-13-6-4-5-12(9-13)10-17(19)18-15-8-7-14(21-2)11-16(15)22-3/h4-9,11H,10H2,1-3H3,(H,18,19). The molecule has 0 aliphatic heterocycles. The van der Waals surface area contributed by atoms with E-state index in [-0.39, 0.29) is 12.3 Å². The van der Waals surface area contributed by atoms with Crippen molar-refractivity contribution < 1.29 is 19.0 Å². The average Bonchev–Trinajstić information content (AvgIpc) is 2.55. The third kappa shape index (κ3) is 3.91. The van der Waals surface area contributed by atoms with Crippen LogP contribution in [-0.4, -0.2) is 27.2 Å². The Morgan fingerprint density at radius 2 is 1.68 bits per heavy atom. The van der Waals surface area contributed by atoms with Crippen LogP contribution in [0, 0.1) is 0 Å². The summed E-state index contributed by atoms with van der Waals surface area (Å²) in [6.07, 6.45) is 0.256. The summed E-state index contributed by atoms with van der Waals surface area (Å²) in [7, 11) is 4.73. The van der Waals surface area contributed by atoms with E-state index >= 15 is 0 Å². The summed E-state index contributed by atoms with van der Waals surface area (Å²) in [6.45, 7) is 0. The first-order valence-electron chi connectivity index (χ1n) is 6.81. The molecule has 1 amide bonds. The molecule has 116 valence electrons. The van der Waals surface area contributed by atoms with E-state index in [4.69, 9.17) is 14.2 Å². The number of hydrogen-bond donors (Lipinski definition) is 1. The van der Waals surface area contributed by atoms with Gasteiger partial charge in [0.25, 0.3) is 0 Å². The van der Waals surface area contributed by atoms with Crippen LogP contribution >= 0.6 is 0 Å². The summed E-state index contributed by atoms with van der Waals surface area (Å²) >= 11 is 0. The Bertz CT molecular complexity index is 655. The van der Waals surface area contributed by atoms with Crippen molar-refractivity contribution in [3.8, 4) is 17.2 Å². The topological polar surface area (TPSA) is 56.8 Å². The van der Waals surface area contributed by atoms with Crippen molar-refractivity contribution >= 4 is 11.6 Å². The van der Waals surface area contributed by atoms with E-state index in [0.717, 1.165) is 11.3 Å². The van der Waals surface area contributed by atoms with Crippen LogP contribution < -0.4 is 19.5 Å². The molecule has 0 unspecified atom stereocenters. The first-order chi connectivity index (χ1) is 10.7. The highest BCUT2D eigenvalue weighted by molar-refractivity contribution is 5.93. The minimum Gasteiger partial charge on any atom is -0.497 e. The molecule has 2 aromatic rings. The van der Waals surface area contributed by atoms with Crippen LogP contribution in [-0.2, 0) is 11.2 Å². The molecule has 1 N–H and O–H groups in total. The molecule has 5 heteroatoms.